The fourth-order valence-corrected chi connectivity index (χ4v) is 1.97. The predicted molar refractivity (Wildman–Crippen MR) is 82.4 cm³/mol. The maximum absolute atomic E-state index is 13.8. The molecule has 2 N–H and O–H groups in total. The van der Waals surface area contributed by atoms with Crippen molar-refractivity contribution < 1.29 is 8.78 Å². The molecule has 21 heavy (non-hydrogen) atoms. The molecule has 1 aromatic carbocycles. The fraction of sp³-hybridized carbons (Fsp3) is 0.267. The number of hydrogen-bond donors (Lipinski definition) is 2. The summed E-state index contributed by atoms with van der Waals surface area (Å²) in [5.74, 6) is -1.48. The van der Waals surface area contributed by atoms with Crippen LogP contribution in [0.3, 0.4) is 0 Å². The van der Waals surface area contributed by atoms with E-state index in [1.54, 1.807) is 18.2 Å². The summed E-state index contributed by atoms with van der Waals surface area (Å²) >= 11 is 6.02. The zero-order valence-corrected chi connectivity index (χ0v) is 12.6. The lowest BCUT2D eigenvalue weighted by molar-refractivity contribution is 0.579. The molecule has 0 radical (unpaired) electrons. The van der Waals surface area contributed by atoms with Gasteiger partial charge in [0.25, 0.3) is 0 Å². The summed E-state index contributed by atoms with van der Waals surface area (Å²) < 4.78 is 27.5. The lowest BCUT2D eigenvalue weighted by Crippen LogP contribution is -2.08. The van der Waals surface area contributed by atoms with Crippen LogP contribution >= 0.6 is 11.6 Å². The maximum Gasteiger partial charge on any atom is 0.169 e. The zero-order valence-electron chi connectivity index (χ0n) is 11.8. The molecule has 0 saturated heterocycles. The highest BCUT2D eigenvalue weighted by molar-refractivity contribution is 6.31. The van der Waals surface area contributed by atoms with Gasteiger partial charge in [0.05, 0.1) is 0 Å². The maximum atomic E-state index is 13.8. The van der Waals surface area contributed by atoms with Gasteiger partial charge in [-0.05, 0) is 31.0 Å². The molecule has 0 spiro atoms. The van der Waals surface area contributed by atoms with Crippen molar-refractivity contribution in [3.8, 4) is 0 Å². The van der Waals surface area contributed by atoms with E-state index in [1.165, 1.54) is 0 Å². The Morgan fingerprint density at radius 1 is 1.19 bits per heavy atom. The highest BCUT2D eigenvalue weighted by Crippen LogP contribution is 2.27. The minimum Gasteiger partial charge on any atom is -0.368 e. The van der Waals surface area contributed by atoms with E-state index in [1.807, 2.05) is 13.8 Å². The van der Waals surface area contributed by atoms with Crippen molar-refractivity contribution in [1.82, 2.24) is 4.98 Å². The molecular formula is C15H16ClF2N3. The number of anilines is 3. The van der Waals surface area contributed by atoms with Crippen molar-refractivity contribution in [3.05, 3.63) is 46.5 Å². The smallest absolute Gasteiger partial charge is 0.169 e. The molecule has 1 aromatic heterocycles. The number of nitrogens with zero attached hydrogens (tertiary/aromatic N) is 1. The van der Waals surface area contributed by atoms with Crippen molar-refractivity contribution in [2.45, 2.75) is 20.3 Å². The Hall–Kier alpha value is -1.88. The summed E-state index contributed by atoms with van der Waals surface area (Å²) in [6, 6.07) is 6.05. The van der Waals surface area contributed by atoms with Crippen molar-refractivity contribution in [1.29, 1.82) is 0 Å². The van der Waals surface area contributed by atoms with Crippen LogP contribution in [-0.2, 0) is 0 Å². The lowest BCUT2D eigenvalue weighted by atomic mass is 10.2. The minimum absolute atomic E-state index is 0.0282. The number of rotatable bonds is 5. The second-order valence-electron chi connectivity index (χ2n) is 4.61. The number of halogens is 3. The van der Waals surface area contributed by atoms with E-state index in [0.717, 1.165) is 18.1 Å². The second-order valence-corrected chi connectivity index (χ2v) is 5.02. The van der Waals surface area contributed by atoms with Gasteiger partial charge in [-0.1, -0.05) is 24.6 Å². The van der Waals surface area contributed by atoms with Gasteiger partial charge >= 0.3 is 0 Å². The molecule has 0 bridgehead atoms. The summed E-state index contributed by atoms with van der Waals surface area (Å²) in [6.45, 7) is 4.32. The molecule has 0 unspecified atom stereocenters. The standard InChI is InChI=1S/C15H16ClF2N3/c1-3-7-19-14-11(17)8-12(18)15(21-14)20-13-6-4-5-10(16)9(13)2/h4-6,8H,3,7H2,1-2H3,(H2,19,20,21). The van der Waals surface area contributed by atoms with E-state index in [2.05, 4.69) is 15.6 Å². The zero-order chi connectivity index (χ0) is 15.4. The predicted octanol–water partition coefficient (Wildman–Crippen LogP) is 4.89. The SMILES string of the molecule is CCCNc1nc(Nc2cccc(Cl)c2C)c(F)cc1F. The molecule has 2 aromatic rings. The first-order valence-electron chi connectivity index (χ1n) is 6.65. The fourth-order valence-electron chi connectivity index (χ4n) is 1.79. The van der Waals surface area contributed by atoms with Gasteiger partial charge in [0.1, 0.15) is 0 Å². The van der Waals surface area contributed by atoms with Gasteiger partial charge in [-0.2, -0.15) is 0 Å². The number of hydrogen-bond acceptors (Lipinski definition) is 3. The van der Waals surface area contributed by atoms with E-state index in [-0.39, 0.29) is 11.6 Å². The van der Waals surface area contributed by atoms with Crippen LogP contribution in [0, 0.1) is 18.6 Å². The van der Waals surface area contributed by atoms with Crippen molar-refractivity contribution >= 4 is 28.9 Å². The molecule has 0 aliphatic heterocycles. The third kappa shape index (κ3) is 3.61. The molecule has 6 heteroatoms. The van der Waals surface area contributed by atoms with Crippen LogP contribution in [0.2, 0.25) is 5.02 Å². The Morgan fingerprint density at radius 3 is 2.62 bits per heavy atom. The van der Waals surface area contributed by atoms with Crippen molar-refractivity contribution in [2.75, 3.05) is 17.2 Å². The van der Waals surface area contributed by atoms with E-state index in [0.29, 0.717) is 17.3 Å². The van der Waals surface area contributed by atoms with Crippen LogP contribution < -0.4 is 10.6 Å². The second kappa shape index (κ2) is 6.72. The molecule has 0 saturated carbocycles. The molecule has 3 nitrogen and oxygen atoms in total. The summed E-state index contributed by atoms with van der Waals surface area (Å²) in [5, 5.41) is 6.23. The van der Waals surface area contributed by atoms with Crippen LogP contribution in [0.15, 0.2) is 24.3 Å². The Kier molecular flexibility index (Phi) is 4.96. The van der Waals surface area contributed by atoms with E-state index in [4.69, 9.17) is 11.6 Å². The summed E-state index contributed by atoms with van der Waals surface area (Å²) in [4.78, 5) is 3.96. The van der Waals surface area contributed by atoms with Crippen molar-refractivity contribution in [3.63, 3.8) is 0 Å². The lowest BCUT2D eigenvalue weighted by Gasteiger charge is -2.13. The van der Waals surface area contributed by atoms with Gasteiger partial charge in [-0.25, -0.2) is 13.8 Å². The minimum atomic E-state index is -0.756. The first-order chi connectivity index (χ1) is 10.0. The third-order valence-electron chi connectivity index (χ3n) is 2.99. The van der Waals surface area contributed by atoms with Crippen LogP contribution in [-0.4, -0.2) is 11.5 Å². The molecule has 1 heterocycles. The topological polar surface area (TPSA) is 37.0 Å². The number of benzene rings is 1. The third-order valence-corrected chi connectivity index (χ3v) is 3.40. The molecule has 2 rings (SSSR count). The van der Waals surface area contributed by atoms with Gasteiger partial charge in [-0.3, -0.25) is 0 Å². The molecule has 0 aliphatic carbocycles. The van der Waals surface area contributed by atoms with Crippen LogP contribution in [0.1, 0.15) is 18.9 Å². The average Bonchev–Trinajstić information content (AvgIpc) is 2.45. The van der Waals surface area contributed by atoms with Crippen LogP contribution in [0.25, 0.3) is 0 Å². The Balaban J connectivity index is 2.33. The summed E-state index contributed by atoms with van der Waals surface area (Å²) in [6.07, 6.45) is 0.814. The van der Waals surface area contributed by atoms with Crippen LogP contribution in [0.4, 0.5) is 26.1 Å². The first-order valence-corrected chi connectivity index (χ1v) is 7.02. The van der Waals surface area contributed by atoms with Gasteiger partial charge in [0.2, 0.25) is 0 Å². The summed E-state index contributed by atoms with van der Waals surface area (Å²) in [5.41, 5.74) is 1.40. The first kappa shape index (κ1) is 15.5. The van der Waals surface area contributed by atoms with Gasteiger partial charge in [0, 0.05) is 23.3 Å². The molecular weight excluding hydrogens is 296 g/mol. The monoisotopic (exact) mass is 311 g/mol. The summed E-state index contributed by atoms with van der Waals surface area (Å²) in [7, 11) is 0. The molecule has 0 atom stereocenters. The molecule has 0 aliphatic rings. The van der Waals surface area contributed by atoms with E-state index in [9.17, 15) is 8.78 Å². The van der Waals surface area contributed by atoms with E-state index < -0.39 is 11.6 Å². The van der Waals surface area contributed by atoms with Crippen molar-refractivity contribution in [2.24, 2.45) is 0 Å². The molecule has 112 valence electrons. The number of nitrogens with one attached hydrogen (secondary N) is 2. The average molecular weight is 312 g/mol. The molecule has 0 fully saturated rings. The largest absolute Gasteiger partial charge is 0.368 e. The van der Waals surface area contributed by atoms with E-state index >= 15 is 0 Å². The quantitative estimate of drug-likeness (QED) is 0.825. The van der Waals surface area contributed by atoms with Crippen LogP contribution in [0.5, 0.6) is 0 Å². The Bertz CT molecular complexity index is 647. The highest BCUT2D eigenvalue weighted by atomic mass is 35.5. The normalized spacial score (nSPS) is 10.5. The van der Waals surface area contributed by atoms with Gasteiger partial charge < -0.3 is 10.6 Å². The van der Waals surface area contributed by atoms with Gasteiger partial charge in [-0.15, -0.1) is 0 Å². The number of aromatic nitrogens is 1. The highest BCUT2D eigenvalue weighted by Gasteiger charge is 2.13. The van der Waals surface area contributed by atoms with Gasteiger partial charge in [0.15, 0.2) is 23.3 Å². The Labute approximate surface area is 127 Å². The molecule has 0 amide bonds. The number of pyridine rings is 1. The Morgan fingerprint density at radius 2 is 1.90 bits per heavy atom.